The number of nitrogens with two attached hydrogens (primary N) is 2. The van der Waals surface area contributed by atoms with Gasteiger partial charge >= 0.3 is 5.97 Å². The summed E-state index contributed by atoms with van der Waals surface area (Å²) in [5.41, 5.74) is 14.4. The van der Waals surface area contributed by atoms with Crippen molar-refractivity contribution in [1.29, 1.82) is 5.41 Å². The summed E-state index contributed by atoms with van der Waals surface area (Å²) in [4.78, 5) is 10.8. The normalized spacial score (nSPS) is 11.4. The Balaban J connectivity index is 1.77. The highest BCUT2D eigenvalue weighted by Crippen LogP contribution is 2.17. The topological polar surface area (TPSA) is 113 Å². The van der Waals surface area contributed by atoms with Crippen molar-refractivity contribution in [3.8, 4) is 11.8 Å². The number of aliphatic carboxylic acids is 1. The first-order valence-electron chi connectivity index (χ1n) is 8.40. The third-order valence-electron chi connectivity index (χ3n) is 4.23. The molecule has 0 unspecified atom stereocenters. The number of fused-ring (bicyclic) bond motifs is 1. The number of carbonyl (C=O) groups is 1. The molecule has 0 saturated heterocycles. The number of nitrogens with one attached hydrogen (secondary N) is 1. The predicted octanol–water partition coefficient (Wildman–Crippen LogP) is 2.48. The third kappa shape index (κ3) is 4.51. The van der Waals surface area contributed by atoms with Gasteiger partial charge in [0, 0.05) is 16.7 Å². The van der Waals surface area contributed by atoms with Crippen LogP contribution in [0.15, 0.2) is 60.7 Å². The average molecular weight is 357 g/mol. The number of carboxylic acids is 1. The number of nitrogen functional groups attached to an aromatic ring is 1. The molecule has 0 saturated carbocycles. The van der Waals surface area contributed by atoms with Crippen molar-refractivity contribution in [2.75, 3.05) is 0 Å². The van der Waals surface area contributed by atoms with Gasteiger partial charge in [-0.1, -0.05) is 42.2 Å². The van der Waals surface area contributed by atoms with Crippen molar-refractivity contribution in [2.45, 2.75) is 12.5 Å². The molecule has 27 heavy (non-hydrogen) atoms. The third-order valence-corrected chi connectivity index (χ3v) is 4.23. The Morgan fingerprint density at radius 3 is 2.22 bits per heavy atom. The fourth-order valence-corrected chi connectivity index (χ4v) is 2.70. The van der Waals surface area contributed by atoms with Crippen LogP contribution < -0.4 is 11.5 Å². The monoisotopic (exact) mass is 357 g/mol. The highest BCUT2D eigenvalue weighted by atomic mass is 16.4. The second-order valence-electron chi connectivity index (χ2n) is 6.29. The van der Waals surface area contributed by atoms with E-state index in [4.69, 9.17) is 22.0 Å². The number of benzene rings is 3. The Morgan fingerprint density at radius 2 is 1.56 bits per heavy atom. The molecule has 134 valence electrons. The molecule has 0 radical (unpaired) electrons. The summed E-state index contributed by atoms with van der Waals surface area (Å²) in [7, 11) is 0. The fraction of sp³-hybridized carbons (Fsp3) is 0.0909. The zero-order valence-electron chi connectivity index (χ0n) is 14.6. The van der Waals surface area contributed by atoms with E-state index in [0.29, 0.717) is 5.56 Å². The average Bonchev–Trinajstić information content (AvgIpc) is 2.66. The molecule has 1 atom stereocenters. The molecule has 0 fully saturated rings. The van der Waals surface area contributed by atoms with Crippen LogP contribution in [0.2, 0.25) is 0 Å². The largest absolute Gasteiger partial charge is 0.480 e. The Kier molecular flexibility index (Phi) is 5.20. The van der Waals surface area contributed by atoms with Gasteiger partial charge in [-0.05, 0) is 53.1 Å². The minimum Gasteiger partial charge on any atom is -0.480 e. The molecule has 0 amide bonds. The van der Waals surface area contributed by atoms with Crippen molar-refractivity contribution in [1.82, 2.24) is 0 Å². The van der Waals surface area contributed by atoms with Crippen LogP contribution in [0.5, 0.6) is 0 Å². The van der Waals surface area contributed by atoms with Crippen LogP contribution in [0.1, 0.15) is 22.3 Å². The van der Waals surface area contributed by atoms with Gasteiger partial charge < -0.3 is 16.6 Å². The minimum atomic E-state index is -1.01. The number of carboxylic acid groups (broad SMARTS) is 1. The lowest BCUT2D eigenvalue weighted by Gasteiger charge is -2.05. The Morgan fingerprint density at radius 1 is 0.963 bits per heavy atom. The van der Waals surface area contributed by atoms with E-state index in [9.17, 15) is 4.79 Å². The predicted molar refractivity (Wildman–Crippen MR) is 107 cm³/mol. The van der Waals surface area contributed by atoms with Gasteiger partial charge in [-0.2, -0.15) is 0 Å². The number of hydrogen-bond acceptors (Lipinski definition) is 3. The van der Waals surface area contributed by atoms with Crippen LogP contribution in [0.3, 0.4) is 0 Å². The van der Waals surface area contributed by atoms with Gasteiger partial charge in [-0.15, -0.1) is 0 Å². The van der Waals surface area contributed by atoms with E-state index in [0.717, 1.165) is 27.5 Å². The molecule has 0 heterocycles. The van der Waals surface area contributed by atoms with Gasteiger partial charge in [-0.3, -0.25) is 10.2 Å². The number of amidine groups is 1. The summed E-state index contributed by atoms with van der Waals surface area (Å²) in [6.07, 6.45) is 0.288. The minimum absolute atomic E-state index is 0.0496. The summed E-state index contributed by atoms with van der Waals surface area (Å²) in [6, 6.07) is 18.0. The van der Waals surface area contributed by atoms with E-state index in [2.05, 4.69) is 11.8 Å². The first kappa shape index (κ1) is 18.2. The summed E-state index contributed by atoms with van der Waals surface area (Å²) in [5.74, 6) is 5.28. The van der Waals surface area contributed by atoms with E-state index in [1.165, 1.54) is 0 Å². The van der Waals surface area contributed by atoms with Crippen LogP contribution in [0, 0.1) is 17.3 Å². The van der Waals surface area contributed by atoms with Crippen molar-refractivity contribution in [3.63, 3.8) is 0 Å². The van der Waals surface area contributed by atoms with Crippen molar-refractivity contribution >= 4 is 22.6 Å². The molecular formula is C22H19N3O2. The molecule has 0 bridgehead atoms. The van der Waals surface area contributed by atoms with Crippen molar-refractivity contribution in [3.05, 3.63) is 82.9 Å². The van der Waals surface area contributed by atoms with Gasteiger partial charge in [0.2, 0.25) is 0 Å². The number of rotatable bonds is 4. The van der Waals surface area contributed by atoms with Crippen LogP contribution in [-0.2, 0) is 11.2 Å². The highest BCUT2D eigenvalue weighted by Gasteiger charge is 2.11. The molecule has 3 aromatic rings. The molecule has 0 aliphatic heterocycles. The van der Waals surface area contributed by atoms with E-state index in [1.807, 2.05) is 60.7 Å². The zero-order chi connectivity index (χ0) is 19.4. The molecule has 0 aliphatic carbocycles. The summed E-state index contributed by atoms with van der Waals surface area (Å²) >= 11 is 0. The van der Waals surface area contributed by atoms with Gasteiger partial charge in [0.1, 0.15) is 11.9 Å². The van der Waals surface area contributed by atoms with Crippen molar-refractivity contribution in [2.24, 2.45) is 11.5 Å². The second-order valence-corrected chi connectivity index (χ2v) is 6.29. The van der Waals surface area contributed by atoms with E-state index in [1.54, 1.807) is 0 Å². The molecule has 0 aromatic heterocycles. The lowest BCUT2D eigenvalue weighted by Crippen LogP contribution is -2.32. The van der Waals surface area contributed by atoms with E-state index in [-0.39, 0.29) is 12.3 Å². The molecule has 3 aromatic carbocycles. The molecular weight excluding hydrogens is 338 g/mol. The lowest BCUT2D eigenvalue weighted by atomic mass is 10.0. The number of hydrogen-bond donors (Lipinski definition) is 4. The van der Waals surface area contributed by atoms with Gasteiger partial charge in [-0.25, -0.2) is 0 Å². The maximum Gasteiger partial charge on any atom is 0.320 e. The lowest BCUT2D eigenvalue weighted by molar-refractivity contribution is -0.138. The maximum atomic E-state index is 10.8. The molecule has 5 nitrogen and oxygen atoms in total. The molecule has 3 rings (SSSR count). The Bertz CT molecular complexity index is 1080. The van der Waals surface area contributed by atoms with Crippen LogP contribution in [0.4, 0.5) is 0 Å². The summed E-state index contributed by atoms with van der Waals surface area (Å²) in [6.45, 7) is 0. The standard InChI is InChI=1S/C22H19N3O2/c23-20(22(26)27)12-16-5-2-14(3-6-16)1-4-15-7-8-18-13-19(21(24)25)10-9-17(18)11-15/h2-3,5-11,13,20H,12,23H2,(H3,24,25)(H,26,27)/t20-/m0/s1. The van der Waals surface area contributed by atoms with E-state index < -0.39 is 12.0 Å². The molecule has 5 heteroatoms. The van der Waals surface area contributed by atoms with Crippen LogP contribution >= 0.6 is 0 Å². The van der Waals surface area contributed by atoms with E-state index >= 15 is 0 Å². The van der Waals surface area contributed by atoms with Gasteiger partial charge in [0.25, 0.3) is 0 Å². The Hall–Kier alpha value is -3.62. The fourth-order valence-electron chi connectivity index (χ4n) is 2.70. The smallest absolute Gasteiger partial charge is 0.320 e. The van der Waals surface area contributed by atoms with Crippen LogP contribution in [0.25, 0.3) is 10.8 Å². The molecule has 0 aliphatic rings. The van der Waals surface area contributed by atoms with Crippen molar-refractivity contribution < 1.29 is 9.90 Å². The van der Waals surface area contributed by atoms with Crippen LogP contribution in [-0.4, -0.2) is 23.0 Å². The quantitative estimate of drug-likeness (QED) is 0.326. The summed E-state index contributed by atoms with van der Waals surface area (Å²) < 4.78 is 0. The van der Waals surface area contributed by atoms with Gasteiger partial charge in [0.15, 0.2) is 0 Å². The SMILES string of the molecule is N=C(N)c1ccc2cc(C#Cc3ccc(C[C@H](N)C(=O)O)cc3)ccc2c1. The molecule has 0 spiro atoms. The zero-order valence-corrected chi connectivity index (χ0v) is 14.6. The first-order valence-corrected chi connectivity index (χ1v) is 8.40. The highest BCUT2D eigenvalue weighted by molar-refractivity contribution is 5.99. The summed E-state index contributed by atoms with van der Waals surface area (Å²) in [5, 5.41) is 18.4. The first-order chi connectivity index (χ1) is 12.9. The second kappa shape index (κ2) is 7.73. The Labute approximate surface area is 157 Å². The van der Waals surface area contributed by atoms with Gasteiger partial charge in [0.05, 0.1) is 0 Å². The maximum absolute atomic E-state index is 10.8. The molecule has 6 N–H and O–H groups in total.